The molecule has 3 amide bonds. The van der Waals surface area contributed by atoms with Crippen molar-refractivity contribution in [2.45, 2.75) is 43.9 Å². The molecule has 6 heteroatoms. The minimum Gasteiger partial charge on any atom is -0.395 e. The van der Waals surface area contributed by atoms with Crippen LogP contribution < -0.4 is 10.6 Å². The fraction of sp³-hybridized carbons (Fsp3) is 0.818. The Morgan fingerprint density at radius 1 is 1.41 bits per heavy atom. The Morgan fingerprint density at radius 3 is 2.65 bits per heavy atom. The second kappa shape index (κ2) is 7.55. The molecule has 1 saturated carbocycles. The Hall–Kier alpha value is -0.750. The standard InChI is InChI=1S/C11H20N2O3S/c1-8(6-14)17-7-10(15)13-11(16)12-9-4-2-3-5-9/h8-9,14H,2-7H2,1H3,(H2,12,13,15,16). The van der Waals surface area contributed by atoms with E-state index in [0.717, 1.165) is 25.7 Å². The average molecular weight is 260 g/mol. The van der Waals surface area contributed by atoms with Gasteiger partial charge in [-0.05, 0) is 12.8 Å². The molecule has 1 aliphatic rings. The van der Waals surface area contributed by atoms with E-state index in [1.54, 1.807) is 0 Å². The number of carbonyl (C=O) groups excluding carboxylic acids is 2. The van der Waals surface area contributed by atoms with E-state index in [2.05, 4.69) is 10.6 Å². The summed E-state index contributed by atoms with van der Waals surface area (Å²) < 4.78 is 0. The minimum atomic E-state index is -0.404. The molecule has 0 aromatic carbocycles. The van der Waals surface area contributed by atoms with Crippen LogP contribution in [0.15, 0.2) is 0 Å². The molecule has 0 bridgehead atoms. The van der Waals surface area contributed by atoms with Crippen LogP contribution in [0.2, 0.25) is 0 Å². The van der Waals surface area contributed by atoms with Crippen molar-refractivity contribution in [2.75, 3.05) is 12.4 Å². The molecule has 0 saturated heterocycles. The summed E-state index contributed by atoms with van der Waals surface area (Å²) in [6, 6.07) is -0.189. The van der Waals surface area contributed by atoms with Gasteiger partial charge in [-0.15, -0.1) is 11.8 Å². The molecular weight excluding hydrogens is 240 g/mol. The first-order valence-corrected chi connectivity index (χ1v) is 6.99. The Balaban J connectivity index is 2.14. The van der Waals surface area contributed by atoms with Gasteiger partial charge < -0.3 is 10.4 Å². The molecule has 1 aliphatic carbocycles. The van der Waals surface area contributed by atoms with E-state index in [1.807, 2.05) is 6.92 Å². The van der Waals surface area contributed by atoms with Crippen LogP contribution in [0, 0.1) is 0 Å². The van der Waals surface area contributed by atoms with Gasteiger partial charge in [0.15, 0.2) is 0 Å². The summed E-state index contributed by atoms with van der Waals surface area (Å²) in [6.45, 7) is 1.86. The van der Waals surface area contributed by atoms with Crippen molar-refractivity contribution in [3.05, 3.63) is 0 Å². The highest BCUT2D eigenvalue weighted by atomic mass is 32.2. The van der Waals surface area contributed by atoms with Crippen LogP contribution in [0.1, 0.15) is 32.6 Å². The van der Waals surface area contributed by atoms with Crippen molar-refractivity contribution < 1.29 is 14.7 Å². The van der Waals surface area contributed by atoms with Crippen molar-refractivity contribution in [1.82, 2.24) is 10.6 Å². The third-order valence-electron chi connectivity index (χ3n) is 2.70. The Bertz CT molecular complexity index is 267. The molecule has 5 nitrogen and oxygen atoms in total. The van der Waals surface area contributed by atoms with Gasteiger partial charge in [0, 0.05) is 11.3 Å². The third-order valence-corrected chi connectivity index (χ3v) is 3.85. The molecule has 0 spiro atoms. The van der Waals surface area contributed by atoms with Gasteiger partial charge in [-0.25, -0.2) is 4.79 Å². The normalized spacial score (nSPS) is 17.8. The number of carbonyl (C=O) groups is 2. The summed E-state index contributed by atoms with van der Waals surface area (Å²) >= 11 is 1.33. The number of urea groups is 1. The number of hydrogen-bond donors (Lipinski definition) is 3. The van der Waals surface area contributed by atoms with Crippen LogP contribution in [0.3, 0.4) is 0 Å². The maximum absolute atomic E-state index is 11.4. The lowest BCUT2D eigenvalue weighted by atomic mass is 10.2. The summed E-state index contributed by atoms with van der Waals surface area (Å²) in [6.07, 6.45) is 4.28. The molecule has 0 aromatic rings. The maximum atomic E-state index is 11.4. The maximum Gasteiger partial charge on any atom is 0.321 e. The summed E-state index contributed by atoms with van der Waals surface area (Å²) in [5.41, 5.74) is 0. The molecule has 1 atom stereocenters. The van der Waals surface area contributed by atoms with E-state index in [1.165, 1.54) is 11.8 Å². The van der Waals surface area contributed by atoms with Crippen LogP contribution in [0.4, 0.5) is 4.79 Å². The first-order chi connectivity index (χ1) is 8.11. The molecule has 0 aliphatic heterocycles. The minimum absolute atomic E-state index is 0.0126. The van der Waals surface area contributed by atoms with Gasteiger partial charge in [0.25, 0.3) is 0 Å². The first-order valence-electron chi connectivity index (χ1n) is 5.94. The Kier molecular flexibility index (Phi) is 6.36. The van der Waals surface area contributed by atoms with E-state index < -0.39 is 6.03 Å². The fourth-order valence-corrected chi connectivity index (χ4v) is 2.34. The van der Waals surface area contributed by atoms with Gasteiger partial charge in [0.05, 0.1) is 12.4 Å². The van der Waals surface area contributed by atoms with Crippen LogP contribution in [0.5, 0.6) is 0 Å². The van der Waals surface area contributed by atoms with Crippen molar-refractivity contribution in [3.63, 3.8) is 0 Å². The lowest BCUT2D eigenvalue weighted by Crippen LogP contribution is -2.44. The quantitative estimate of drug-likeness (QED) is 0.685. The summed E-state index contributed by atoms with van der Waals surface area (Å²) in [5.74, 6) is -0.120. The number of aliphatic hydroxyl groups excluding tert-OH is 1. The largest absolute Gasteiger partial charge is 0.395 e. The Labute approximate surface area is 106 Å². The van der Waals surface area contributed by atoms with Gasteiger partial charge in [0.2, 0.25) is 5.91 Å². The van der Waals surface area contributed by atoms with Gasteiger partial charge in [-0.1, -0.05) is 19.8 Å². The highest BCUT2D eigenvalue weighted by Gasteiger charge is 2.18. The third kappa shape index (κ3) is 5.93. The van der Waals surface area contributed by atoms with E-state index in [0.29, 0.717) is 0 Å². The molecule has 0 heterocycles. The second-order valence-corrected chi connectivity index (χ2v) is 5.73. The molecule has 1 fully saturated rings. The molecular formula is C11H20N2O3S. The summed E-state index contributed by atoms with van der Waals surface area (Å²) in [7, 11) is 0. The highest BCUT2D eigenvalue weighted by molar-refractivity contribution is 8.00. The lowest BCUT2D eigenvalue weighted by Gasteiger charge is -2.12. The number of rotatable bonds is 5. The number of imide groups is 1. The predicted octanol–water partition coefficient (Wildman–Crippen LogP) is 0.869. The molecule has 1 rings (SSSR count). The number of aliphatic hydroxyl groups is 1. The number of thioether (sulfide) groups is 1. The molecule has 0 radical (unpaired) electrons. The summed E-state index contributed by atoms with van der Waals surface area (Å²) in [4.78, 5) is 22.8. The zero-order valence-corrected chi connectivity index (χ0v) is 10.9. The van der Waals surface area contributed by atoms with E-state index in [4.69, 9.17) is 5.11 Å². The number of hydrogen-bond acceptors (Lipinski definition) is 4. The van der Waals surface area contributed by atoms with Crippen LogP contribution in [-0.2, 0) is 4.79 Å². The van der Waals surface area contributed by atoms with Gasteiger partial charge in [0.1, 0.15) is 0 Å². The predicted molar refractivity (Wildman–Crippen MR) is 67.9 cm³/mol. The summed E-state index contributed by atoms with van der Waals surface area (Å²) in [5, 5.41) is 13.9. The zero-order valence-electron chi connectivity index (χ0n) is 10.1. The lowest BCUT2D eigenvalue weighted by molar-refractivity contribution is -0.117. The molecule has 17 heavy (non-hydrogen) atoms. The van der Waals surface area contributed by atoms with Crippen LogP contribution >= 0.6 is 11.8 Å². The Morgan fingerprint density at radius 2 is 2.06 bits per heavy atom. The van der Waals surface area contributed by atoms with Gasteiger partial charge in [-0.3, -0.25) is 10.1 Å². The fourth-order valence-electron chi connectivity index (χ4n) is 1.72. The van der Waals surface area contributed by atoms with E-state index in [9.17, 15) is 9.59 Å². The smallest absolute Gasteiger partial charge is 0.321 e. The monoisotopic (exact) mass is 260 g/mol. The number of nitrogens with one attached hydrogen (secondary N) is 2. The highest BCUT2D eigenvalue weighted by Crippen LogP contribution is 2.17. The van der Waals surface area contributed by atoms with Crippen molar-refractivity contribution in [3.8, 4) is 0 Å². The van der Waals surface area contributed by atoms with Crippen LogP contribution in [0.25, 0.3) is 0 Å². The van der Waals surface area contributed by atoms with Crippen molar-refractivity contribution in [2.24, 2.45) is 0 Å². The zero-order chi connectivity index (χ0) is 12.7. The van der Waals surface area contributed by atoms with Gasteiger partial charge in [-0.2, -0.15) is 0 Å². The van der Waals surface area contributed by atoms with Crippen LogP contribution in [-0.4, -0.2) is 40.7 Å². The van der Waals surface area contributed by atoms with Crippen molar-refractivity contribution >= 4 is 23.7 Å². The molecule has 0 aromatic heterocycles. The van der Waals surface area contributed by atoms with E-state index in [-0.39, 0.29) is 29.6 Å². The topological polar surface area (TPSA) is 78.4 Å². The molecule has 1 unspecified atom stereocenters. The SMILES string of the molecule is CC(CO)SCC(=O)NC(=O)NC1CCCC1. The molecule has 3 N–H and O–H groups in total. The average Bonchev–Trinajstić information content (AvgIpc) is 2.78. The molecule has 98 valence electrons. The first kappa shape index (κ1) is 14.3. The second-order valence-electron chi connectivity index (χ2n) is 4.31. The number of amides is 3. The van der Waals surface area contributed by atoms with Crippen molar-refractivity contribution in [1.29, 1.82) is 0 Å². The van der Waals surface area contributed by atoms with E-state index >= 15 is 0 Å². The van der Waals surface area contributed by atoms with Gasteiger partial charge >= 0.3 is 6.03 Å².